The Labute approximate surface area is 118 Å². The van der Waals surface area contributed by atoms with E-state index in [2.05, 4.69) is 10.2 Å². The predicted octanol–water partition coefficient (Wildman–Crippen LogP) is 2.31. The van der Waals surface area contributed by atoms with Gasteiger partial charge in [-0.2, -0.15) is 5.10 Å². The molecule has 106 valence electrons. The van der Waals surface area contributed by atoms with E-state index >= 15 is 0 Å². The number of aryl methyl sites for hydroxylation is 2. The van der Waals surface area contributed by atoms with E-state index in [1.165, 1.54) is 0 Å². The van der Waals surface area contributed by atoms with Crippen LogP contribution in [-0.4, -0.2) is 35.2 Å². The number of methoxy groups -OCH3 is 1. The normalized spacial score (nSPS) is 10.4. The average Bonchev–Trinajstić information content (AvgIpc) is 2.84. The molecule has 0 spiro atoms. The molecule has 0 aliphatic heterocycles. The third-order valence-electron chi connectivity index (χ3n) is 3.25. The van der Waals surface area contributed by atoms with Crippen LogP contribution in [0.25, 0.3) is 0 Å². The molecule has 1 aromatic carbocycles. The van der Waals surface area contributed by atoms with Gasteiger partial charge in [0.15, 0.2) is 0 Å². The smallest absolute Gasteiger partial charge is 0.257 e. The van der Waals surface area contributed by atoms with Crippen LogP contribution in [0.2, 0.25) is 0 Å². The number of amides is 1. The molecule has 5 heteroatoms. The van der Waals surface area contributed by atoms with Gasteiger partial charge in [0.1, 0.15) is 5.75 Å². The molecular weight excluding hydrogens is 254 g/mol. The largest absolute Gasteiger partial charge is 0.496 e. The van der Waals surface area contributed by atoms with E-state index in [4.69, 9.17) is 4.74 Å². The Morgan fingerprint density at radius 2 is 2.15 bits per heavy atom. The zero-order valence-corrected chi connectivity index (χ0v) is 12.2. The van der Waals surface area contributed by atoms with Crippen LogP contribution in [0.3, 0.4) is 0 Å². The van der Waals surface area contributed by atoms with Crippen molar-refractivity contribution in [3.63, 3.8) is 0 Å². The van der Waals surface area contributed by atoms with Crippen molar-refractivity contribution in [3.8, 4) is 5.75 Å². The molecule has 1 aromatic heterocycles. The van der Waals surface area contributed by atoms with Gasteiger partial charge in [0.2, 0.25) is 0 Å². The number of aromatic amines is 1. The molecule has 0 saturated carbocycles. The molecule has 0 atom stereocenters. The number of benzene rings is 1. The maximum absolute atomic E-state index is 12.3. The van der Waals surface area contributed by atoms with E-state index in [1.54, 1.807) is 25.3 Å². The number of rotatable bonds is 4. The van der Waals surface area contributed by atoms with Crippen LogP contribution in [0.15, 0.2) is 24.4 Å². The zero-order chi connectivity index (χ0) is 14.7. The highest BCUT2D eigenvalue weighted by Gasteiger charge is 2.17. The van der Waals surface area contributed by atoms with Gasteiger partial charge in [-0.1, -0.05) is 17.7 Å². The van der Waals surface area contributed by atoms with E-state index < -0.39 is 0 Å². The number of hydrogen-bond acceptors (Lipinski definition) is 3. The number of nitrogens with zero attached hydrogens (tertiary/aromatic N) is 2. The fraction of sp³-hybridized carbons (Fsp3) is 0.333. The Bertz CT molecular complexity index is 619. The first-order valence-electron chi connectivity index (χ1n) is 6.42. The van der Waals surface area contributed by atoms with Gasteiger partial charge in [0.05, 0.1) is 18.9 Å². The summed E-state index contributed by atoms with van der Waals surface area (Å²) in [7, 11) is 3.41. The third kappa shape index (κ3) is 2.82. The van der Waals surface area contributed by atoms with Crippen molar-refractivity contribution in [2.24, 2.45) is 0 Å². The summed E-state index contributed by atoms with van der Waals surface area (Å²) in [5.41, 5.74) is 3.50. The summed E-state index contributed by atoms with van der Waals surface area (Å²) in [5, 5.41) is 6.66. The second-order valence-corrected chi connectivity index (χ2v) is 4.89. The van der Waals surface area contributed by atoms with Crippen LogP contribution in [0.4, 0.5) is 0 Å². The molecule has 0 aliphatic rings. The summed E-state index contributed by atoms with van der Waals surface area (Å²) in [5.74, 6) is 0.735. The van der Waals surface area contributed by atoms with Crippen molar-refractivity contribution in [1.82, 2.24) is 15.1 Å². The van der Waals surface area contributed by atoms with E-state index in [9.17, 15) is 4.79 Å². The molecule has 0 saturated heterocycles. The average molecular weight is 273 g/mol. The Morgan fingerprint density at radius 3 is 2.75 bits per heavy atom. The highest BCUT2D eigenvalue weighted by molar-refractivity contribution is 5.94. The van der Waals surface area contributed by atoms with E-state index in [-0.39, 0.29) is 5.91 Å². The van der Waals surface area contributed by atoms with Gasteiger partial charge in [-0.15, -0.1) is 0 Å². The summed E-state index contributed by atoms with van der Waals surface area (Å²) >= 11 is 0. The van der Waals surface area contributed by atoms with E-state index in [0.29, 0.717) is 12.1 Å². The van der Waals surface area contributed by atoms with Crippen LogP contribution >= 0.6 is 0 Å². The summed E-state index contributed by atoms with van der Waals surface area (Å²) in [6, 6.07) is 5.95. The molecule has 1 heterocycles. The number of H-pyrrole nitrogens is 1. The van der Waals surface area contributed by atoms with Crippen molar-refractivity contribution < 1.29 is 9.53 Å². The first-order valence-corrected chi connectivity index (χ1v) is 6.42. The predicted molar refractivity (Wildman–Crippen MR) is 76.9 cm³/mol. The minimum atomic E-state index is -0.0557. The van der Waals surface area contributed by atoms with Gasteiger partial charge in [-0.3, -0.25) is 9.89 Å². The van der Waals surface area contributed by atoms with E-state index in [1.807, 2.05) is 32.0 Å². The molecule has 0 fully saturated rings. The van der Waals surface area contributed by atoms with Crippen LogP contribution in [0.1, 0.15) is 27.2 Å². The number of ether oxygens (including phenoxy) is 1. The molecule has 2 rings (SSSR count). The van der Waals surface area contributed by atoms with Crippen LogP contribution in [0.5, 0.6) is 5.75 Å². The topological polar surface area (TPSA) is 58.2 Å². The Kier molecular flexibility index (Phi) is 4.08. The maximum Gasteiger partial charge on any atom is 0.257 e. The quantitative estimate of drug-likeness (QED) is 0.930. The summed E-state index contributed by atoms with van der Waals surface area (Å²) in [4.78, 5) is 14.0. The van der Waals surface area contributed by atoms with E-state index in [0.717, 1.165) is 22.6 Å². The minimum Gasteiger partial charge on any atom is -0.496 e. The first-order chi connectivity index (χ1) is 9.52. The number of aromatic nitrogens is 2. The van der Waals surface area contributed by atoms with Gasteiger partial charge in [-0.05, 0) is 19.9 Å². The number of nitrogens with one attached hydrogen (secondary N) is 1. The zero-order valence-electron chi connectivity index (χ0n) is 12.2. The van der Waals surface area contributed by atoms with Gasteiger partial charge in [0.25, 0.3) is 5.91 Å². The van der Waals surface area contributed by atoms with Crippen molar-refractivity contribution >= 4 is 5.91 Å². The Hall–Kier alpha value is -2.30. The summed E-state index contributed by atoms with van der Waals surface area (Å²) in [6.07, 6.45) is 1.56. The second-order valence-electron chi connectivity index (χ2n) is 4.89. The van der Waals surface area contributed by atoms with Crippen molar-refractivity contribution in [2.75, 3.05) is 14.2 Å². The molecule has 1 amide bonds. The fourth-order valence-corrected chi connectivity index (χ4v) is 2.13. The third-order valence-corrected chi connectivity index (χ3v) is 3.25. The fourth-order valence-electron chi connectivity index (χ4n) is 2.13. The lowest BCUT2D eigenvalue weighted by molar-refractivity contribution is 0.0783. The van der Waals surface area contributed by atoms with Gasteiger partial charge >= 0.3 is 0 Å². The molecule has 5 nitrogen and oxygen atoms in total. The standard InChI is InChI=1S/C15H19N3O2/c1-10-5-6-14(20-4)12(7-10)9-18(3)15(19)13-8-16-17-11(13)2/h5-8H,9H2,1-4H3,(H,16,17). The van der Waals surface area contributed by atoms with Crippen molar-refractivity contribution in [3.05, 3.63) is 46.8 Å². The highest BCUT2D eigenvalue weighted by atomic mass is 16.5. The van der Waals surface area contributed by atoms with Crippen molar-refractivity contribution in [1.29, 1.82) is 0 Å². The first kappa shape index (κ1) is 14.1. The summed E-state index contributed by atoms with van der Waals surface area (Å²) < 4.78 is 5.34. The monoisotopic (exact) mass is 273 g/mol. The molecular formula is C15H19N3O2. The number of carbonyl (C=O) groups excluding carboxylic acids is 1. The highest BCUT2D eigenvalue weighted by Crippen LogP contribution is 2.21. The number of carbonyl (C=O) groups is 1. The summed E-state index contributed by atoms with van der Waals surface area (Å²) in [6.45, 7) is 4.35. The minimum absolute atomic E-state index is 0.0557. The lowest BCUT2D eigenvalue weighted by Crippen LogP contribution is -2.26. The molecule has 0 bridgehead atoms. The lowest BCUT2D eigenvalue weighted by Gasteiger charge is -2.19. The molecule has 2 aromatic rings. The Balaban J connectivity index is 2.20. The molecule has 0 aliphatic carbocycles. The van der Waals surface area contributed by atoms with Gasteiger partial charge in [0, 0.05) is 24.8 Å². The molecule has 0 radical (unpaired) electrons. The van der Waals surface area contributed by atoms with Crippen LogP contribution in [-0.2, 0) is 6.54 Å². The SMILES string of the molecule is COc1ccc(C)cc1CN(C)C(=O)c1cn[nH]c1C. The van der Waals surface area contributed by atoms with Gasteiger partial charge < -0.3 is 9.64 Å². The second kappa shape index (κ2) is 5.77. The van der Waals surface area contributed by atoms with Crippen LogP contribution < -0.4 is 4.74 Å². The lowest BCUT2D eigenvalue weighted by atomic mass is 10.1. The Morgan fingerprint density at radius 1 is 1.40 bits per heavy atom. The molecule has 0 unspecified atom stereocenters. The van der Waals surface area contributed by atoms with Gasteiger partial charge in [-0.25, -0.2) is 0 Å². The molecule has 20 heavy (non-hydrogen) atoms. The van der Waals surface area contributed by atoms with Crippen molar-refractivity contribution in [2.45, 2.75) is 20.4 Å². The van der Waals surface area contributed by atoms with Crippen LogP contribution in [0, 0.1) is 13.8 Å². The maximum atomic E-state index is 12.3. The molecule has 1 N–H and O–H groups in total. The number of hydrogen-bond donors (Lipinski definition) is 1.